The normalized spacial score (nSPS) is 10.7. The van der Waals surface area contributed by atoms with Crippen LogP contribution in [0.15, 0.2) is 58.9 Å². The molecule has 0 saturated carbocycles. The monoisotopic (exact) mass is 242 g/mol. The SMILES string of the molecule is Nc1ccc(-c2ccc(N=N[N+](=O)[O-])cc2)cc1. The highest BCUT2D eigenvalue weighted by molar-refractivity contribution is 5.66. The van der Waals surface area contributed by atoms with E-state index in [2.05, 4.69) is 10.3 Å². The Morgan fingerprint density at radius 2 is 1.44 bits per heavy atom. The number of nitrogens with two attached hydrogens (primary N) is 1. The van der Waals surface area contributed by atoms with Crippen molar-refractivity contribution in [3.63, 3.8) is 0 Å². The van der Waals surface area contributed by atoms with Crippen LogP contribution >= 0.6 is 0 Å². The van der Waals surface area contributed by atoms with Gasteiger partial charge in [0.05, 0.1) is 10.1 Å². The van der Waals surface area contributed by atoms with Gasteiger partial charge in [0.1, 0.15) is 0 Å². The minimum atomic E-state index is -0.839. The number of nitrogen functional groups attached to an aromatic ring is 1. The molecule has 0 amide bonds. The number of benzene rings is 2. The predicted molar refractivity (Wildman–Crippen MR) is 67.8 cm³/mol. The lowest BCUT2D eigenvalue weighted by Gasteiger charge is -2.01. The van der Waals surface area contributed by atoms with Gasteiger partial charge in [-0.25, -0.2) is 0 Å². The van der Waals surface area contributed by atoms with E-state index in [1.54, 1.807) is 12.1 Å². The molecule has 0 aliphatic rings. The number of anilines is 1. The second-order valence-corrected chi connectivity index (χ2v) is 3.60. The molecule has 18 heavy (non-hydrogen) atoms. The van der Waals surface area contributed by atoms with Gasteiger partial charge in [-0.1, -0.05) is 12.1 Å². The Hall–Kier alpha value is -2.76. The van der Waals surface area contributed by atoms with Gasteiger partial charge in [-0.3, -0.25) is 0 Å². The van der Waals surface area contributed by atoms with Gasteiger partial charge in [-0.15, -0.1) is 0 Å². The minimum Gasteiger partial charge on any atom is -0.399 e. The van der Waals surface area contributed by atoms with Gasteiger partial charge in [0.25, 0.3) is 0 Å². The summed E-state index contributed by atoms with van der Waals surface area (Å²) in [4.78, 5) is 10.0. The highest BCUT2D eigenvalue weighted by atomic mass is 16.7. The molecule has 90 valence electrons. The van der Waals surface area contributed by atoms with E-state index in [-0.39, 0.29) is 0 Å². The van der Waals surface area contributed by atoms with Crippen LogP contribution in [-0.4, -0.2) is 5.03 Å². The molecule has 0 aliphatic carbocycles. The summed E-state index contributed by atoms with van der Waals surface area (Å²) in [5.74, 6) is 0. The zero-order valence-electron chi connectivity index (χ0n) is 9.35. The van der Waals surface area contributed by atoms with Gasteiger partial charge in [-0.05, 0) is 47.5 Å². The fourth-order valence-electron chi connectivity index (χ4n) is 1.48. The second-order valence-electron chi connectivity index (χ2n) is 3.60. The van der Waals surface area contributed by atoms with Crippen LogP contribution in [0.4, 0.5) is 11.4 Å². The zero-order chi connectivity index (χ0) is 13.0. The third-order valence-electron chi connectivity index (χ3n) is 2.34. The van der Waals surface area contributed by atoms with Gasteiger partial charge in [-0.2, -0.15) is 0 Å². The van der Waals surface area contributed by atoms with Crippen LogP contribution in [0.25, 0.3) is 11.1 Å². The average molecular weight is 242 g/mol. The molecular weight excluding hydrogens is 232 g/mol. The molecule has 0 spiro atoms. The number of nitrogens with zero attached hydrogens (tertiary/aromatic N) is 3. The van der Waals surface area contributed by atoms with Gasteiger partial charge in [0.15, 0.2) is 5.22 Å². The van der Waals surface area contributed by atoms with Crippen molar-refractivity contribution in [1.82, 2.24) is 0 Å². The van der Waals surface area contributed by atoms with Gasteiger partial charge < -0.3 is 15.8 Å². The van der Waals surface area contributed by atoms with Crippen molar-refractivity contribution in [2.45, 2.75) is 0 Å². The molecule has 6 heteroatoms. The maximum absolute atomic E-state index is 10.0. The van der Waals surface area contributed by atoms with E-state index in [1.165, 1.54) is 0 Å². The maximum Gasteiger partial charge on any atom is 0.203 e. The van der Waals surface area contributed by atoms with Crippen molar-refractivity contribution in [2.24, 2.45) is 10.3 Å². The Morgan fingerprint density at radius 1 is 0.944 bits per heavy atom. The standard InChI is InChI=1S/C12H10N4O2/c13-11-5-1-9(2-6-11)10-3-7-12(8-4-10)14-15-16(17)18/h1-8H,13H2. The summed E-state index contributed by atoms with van der Waals surface area (Å²) in [6, 6.07) is 14.4. The van der Waals surface area contributed by atoms with Gasteiger partial charge >= 0.3 is 0 Å². The van der Waals surface area contributed by atoms with Crippen molar-refractivity contribution in [3.05, 3.63) is 58.6 Å². The lowest BCUT2D eigenvalue weighted by molar-refractivity contribution is -0.493. The molecule has 6 nitrogen and oxygen atoms in total. The molecule has 0 atom stereocenters. The van der Waals surface area contributed by atoms with E-state index in [0.717, 1.165) is 11.1 Å². The topological polar surface area (TPSA) is 93.9 Å². The molecule has 2 rings (SSSR count). The fourth-order valence-corrected chi connectivity index (χ4v) is 1.48. The third-order valence-corrected chi connectivity index (χ3v) is 2.34. The number of hydrogen-bond acceptors (Lipinski definition) is 4. The summed E-state index contributed by atoms with van der Waals surface area (Å²) in [7, 11) is 0. The molecule has 0 fully saturated rings. The van der Waals surface area contributed by atoms with E-state index < -0.39 is 5.03 Å². The van der Waals surface area contributed by atoms with Crippen molar-refractivity contribution in [1.29, 1.82) is 0 Å². The first kappa shape index (κ1) is 11.7. The number of nitro groups is 1. The van der Waals surface area contributed by atoms with Crippen LogP contribution < -0.4 is 5.73 Å². The maximum atomic E-state index is 10.0. The summed E-state index contributed by atoms with van der Waals surface area (Å²) in [5, 5.41) is 15.5. The molecule has 0 bridgehead atoms. The lowest BCUT2D eigenvalue weighted by atomic mass is 10.1. The van der Waals surface area contributed by atoms with Crippen molar-refractivity contribution in [2.75, 3.05) is 5.73 Å². The van der Waals surface area contributed by atoms with Crippen LogP contribution in [0.5, 0.6) is 0 Å². The van der Waals surface area contributed by atoms with Crippen LogP contribution in [0.3, 0.4) is 0 Å². The largest absolute Gasteiger partial charge is 0.399 e. The average Bonchev–Trinajstić information content (AvgIpc) is 2.38. The smallest absolute Gasteiger partial charge is 0.203 e. The molecule has 2 N–H and O–H groups in total. The van der Waals surface area contributed by atoms with Crippen LogP contribution in [0.1, 0.15) is 0 Å². The molecule has 0 radical (unpaired) electrons. The Morgan fingerprint density at radius 3 is 1.94 bits per heavy atom. The van der Waals surface area contributed by atoms with Crippen molar-refractivity contribution in [3.8, 4) is 11.1 Å². The molecule has 2 aromatic rings. The van der Waals surface area contributed by atoms with Crippen LogP contribution in [0, 0.1) is 10.1 Å². The highest BCUT2D eigenvalue weighted by Crippen LogP contribution is 2.23. The molecule has 0 unspecified atom stereocenters. The minimum absolute atomic E-state index is 0.436. The van der Waals surface area contributed by atoms with Gasteiger partial charge in [0.2, 0.25) is 5.69 Å². The fraction of sp³-hybridized carbons (Fsp3) is 0. The summed E-state index contributed by atoms with van der Waals surface area (Å²) in [5.41, 5.74) is 8.74. The molecule has 0 heterocycles. The Labute approximate surface area is 103 Å². The Bertz CT molecular complexity index is 576. The van der Waals surface area contributed by atoms with Gasteiger partial charge in [0, 0.05) is 5.69 Å². The number of rotatable bonds is 3. The van der Waals surface area contributed by atoms with E-state index in [0.29, 0.717) is 11.4 Å². The second kappa shape index (κ2) is 5.05. The third kappa shape index (κ3) is 2.88. The quantitative estimate of drug-likeness (QED) is 0.387. The van der Waals surface area contributed by atoms with E-state index in [9.17, 15) is 10.1 Å². The summed E-state index contributed by atoms with van der Waals surface area (Å²) in [6.45, 7) is 0. The summed E-state index contributed by atoms with van der Waals surface area (Å²) < 4.78 is 0. The van der Waals surface area contributed by atoms with E-state index in [4.69, 9.17) is 5.73 Å². The summed E-state index contributed by atoms with van der Waals surface area (Å²) in [6.07, 6.45) is 0. The van der Waals surface area contributed by atoms with Crippen molar-refractivity contribution < 1.29 is 5.03 Å². The first-order valence-corrected chi connectivity index (χ1v) is 5.17. The predicted octanol–water partition coefficient (Wildman–Crippen LogP) is 3.21. The lowest BCUT2D eigenvalue weighted by Crippen LogP contribution is -1.83. The van der Waals surface area contributed by atoms with E-state index in [1.807, 2.05) is 36.4 Å². The Kier molecular flexibility index (Phi) is 3.29. The highest BCUT2D eigenvalue weighted by Gasteiger charge is 2.01. The van der Waals surface area contributed by atoms with E-state index >= 15 is 0 Å². The Balaban J connectivity index is 2.22. The molecule has 0 aromatic heterocycles. The zero-order valence-corrected chi connectivity index (χ0v) is 9.35. The molecule has 0 aliphatic heterocycles. The van der Waals surface area contributed by atoms with Crippen molar-refractivity contribution >= 4 is 11.4 Å². The van der Waals surface area contributed by atoms with Crippen LogP contribution in [-0.2, 0) is 0 Å². The molecular formula is C12H10N4O2. The van der Waals surface area contributed by atoms with Crippen LogP contribution in [0.2, 0.25) is 0 Å². The first-order valence-electron chi connectivity index (χ1n) is 5.17. The molecule has 0 saturated heterocycles. The molecule has 2 aromatic carbocycles. The number of hydrogen-bond donors (Lipinski definition) is 1. The summed E-state index contributed by atoms with van der Waals surface area (Å²) >= 11 is 0. The first-order chi connectivity index (χ1) is 8.65.